The van der Waals surface area contributed by atoms with E-state index in [1.165, 1.54) is 22.3 Å². The highest BCUT2D eigenvalue weighted by Gasteiger charge is 2.19. The second-order valence-electron chi connectivity index (χ2n) is 5.58. The summed E-state index contributed by atoms with van der Waals surface area (Å²) in [5.74, 6) is 0.152. The predicted octanol–water partition coefficient (Wildman–Crippen LogP) is 2.37. The van der Waals surface area contributed by atoms with Crippen molar-refractivity contribution in [3.63, 3.8) is 0 Å². The van der Waals surface area contributed by atoms with Gasteiger partial charge in [-0.3, -0.25) is 4.79 Å². The van der Waals surface area contributed by atoms with E-state index in [1.807, 2.05) is 0 Å². The number of carbonyl (C=O) groups is 1. The molecule has 0 saturated carbocycles. The van der Waals surface area contributed by atoms with Crippen molar-refractivity contribution >= 4 is 5.91 Å². The Morgan fingerprint density at radius 2 is 1.89 bits per heavy atom. The van der Waals surface area contributed by atoms with Crippen molar-refractivity contribution in [3.8, 4) is 0 Å². The van der Waals surface area contributed by atoms with Gasteiger partial charge in [0.1, 0.15) is 0 Å². The number of benzene rings is 1. The number of nitrogens with one attached hydrogen (secondary N) is 2. The van der Waals surface area contributed by atoms with Crippen molar-refractivity contribution in [2.45, 2.75) is 52.6 Å². The Bertz CT molecular complexity index is 468. The molecule has 0 bridgehead atoms. The molecule has 0 aromatic heterocycles. The summed E-state index contributed by atoms with van der Waals surface area (Å²) >= 11 is 0. The molecule has 1 heterocycles. The molecule has 1 atom stereocenters. The first-order valence-corrected chi connectivity index (χ1v) is 7.16. The van der Waals surface area contributed by atoms with Crippen molar-refractivity contribution < 1.29 is 4.79 Å². The molecule has 3 nitrogen and oxygen atoms in total. The monoisotopic (exact) mass is 260 g/mol. The minimum absolute atomic E-state index is 0.0384. The average Bonchev–Trinajstić information content (AvgIpc) is 2.57. The molecule has 1 aliphatic rings. The van der Waals surface area contributed by atoms with Gasteiger partial charge in [-0.2, -0.15) is 0 Å². The highest BCUT2D eigenvalue weighted by molar-refractivity contribution is 5.81. The van der Waals surface area contributed by atoms with E-state index in [9.17, 15) is 4.79 Å². The zero-order valence-electron chi connectivity index (χ0n) is 12.2. The molecule has 2 rings (SSSR count). The maximum atomic E-state index is 11.9. The Morgan fingerprint density at radius 3 is 2.68 bits per heavy atom. The molecular formula is C16H24N2O. The van der Waals surface area contributed by atoms with Crippen LogP contribution in [0.5, 0.6) is 0 Å². The molecular weight excluding hydrogens is 236 g/mol. The lowest BCUT2D eigenvalue weighted by Crippen LogP contribution is -2.42. The van der Waals surface area contributed by atoms with Gasteiger partial charge >= 0.3 is 0 Å². The molecule has 0 aliphatic carbocycles. The van der Waals surface area contributed by atoms with Crippen molar-refractivity contribution in [1.82, 2.24) is 10.6 Å². The van der Waals surface area contributed by atoms with Crippen LogP contribution in [0.2, 0.25) is 0 Å². The number of hydrogen-bond donors (Lipinski definition) is 2. The molecule has 104 valence electrons. The lowest BCUT2D eigenvalue weighted by atomic mass is 10.0. The first kappa shape index (κ1) is 14.1. The lowest BCUT2D eigenvalue weighted by Gasteiger charge is -2.17. The van der Waals surface area contributed by atoms with Crippen LogP contribution >= 0.6 is 0 Å². The average molecular weight is 260 g/mol. The highest BCUT2D eigenvalue weighted by Crippen LogP contribution is 2.16. The number of aryl methyl sites for hydroxylation is 3. The maximum Gasteiger partial charge on any atom is 0.237 e. The molecule has 1 unspecified atom stereocenters. The summed E-state index contributed by atoms with van der Waals surface area (Å²) in [6.07, 6.45) is 3.14. The standard InChI is InChI=1S/C16H24N2O/c1-11-8-13(3)14(9-12(11)2)10-18-15-6-4-5-7-17-16(15)19/h8-9,15,18H,4-7,10H2,1-3H3,(H,17,19). The Hall–Kier alpha value is -1.35. The van der Waals surface area contributed by atoms with Gasteiger partial charge in [-0.15, -0.1) is 0 Å². The van der Waals surface area contributed by atoms with Gasteiger partial charge in [-0.1, -0.05) is 12.1 Å². The fraction of sp³-hybridized carbons (Fsp3) is 0.562. The van der Waals surface area contributed by atoms with E-state index in [4.69, 9.17) is 0 Å². The predicted molar refractivity (Wildman–Crippen MR) is 78.1 cm³/mol. The molecule has 0 spiro atoms. The summed E-state index contributed by atoms with van der Waals surface area (Å²) in [7, 11) is 0. The van der Waals surface area contributed by atoms with Crippen LogP contribution in [0.25, 0.3) is 0 Å². The molecule has 1 aromatic carbocycles. The molecule has 0 radical (unpaired) electrons. The molecule has 1 amide bonds. The second-order valence-corrected chi connectivity index (χ2v) is 5.58. The summed E-state index contributed by atoms with van der Waals surface area (Å²) in [6, 6.07) is 4.41. The number of amides is 1. The maximum absolute atomic E-state index is 11.9. The summed E-state index contributed by atoms with van der Waals surface area (Å²) in [6.45, 7) is 8.00. The Labute approximate surface area is 115 Å². The van der Waals surface area contributed by atoms with Crippen LogP contribution < -0.4 is 10.6 Å². The van der Waals surface area contributed by atoms with Crippen LogP contribution in [0.1, 0.15) is 41.5 Å². The van der Waals surface area contributed by atoms with Crippen LogP contribution in [0.4, 0.5) is 0 Å². The number of rotatable bonds is 3. The number of carbonyl (C=O) groups excluding carboxylic acids is 1. The van der Waals surface area contributed by atoms with Gasteiger partial charge in [0, 0.05) is 13.1 Å². The van der Waals surface area contributed by atoms with E-state index < -0.39 is 0 Å². The van der Waals surface area contributed by atoms with Crippen LogP contribution in [0.3, 0.4) is 0 Å². The first-order chi connectivity index (χ1) is 9.08. The summed E-state index contributed by atoms with van der Waals surface area (Å²) in [5, 5.41) is 6.37. The van der Waals surface area contributed by atoms with Gasteiger partial charge < -0.3 is 10.6 Å². The largest absolute Gasteiger partial charge is 0.355 e. The van der Waals surface area contributed by atoms with Crippen LogP contribution in [0, 0.1) is 20.8 Å². The second kappa shape index (κ2) is 6.20. The SMILES string of the molecule is Cc1cc(C)c(CNC2CCCCNC2=O)cc1C. The molecule has 1 aliphatic heterocycles. The van der Waals surface area contributed by atoms with E-state index in [2.05, 4.69) is 43.5 Å². The molecule has 1 aromatic rings. The van der Waals surface area contributed by atoms with Crippen molar-refractivity contribution in [3.05, 3.63) is 34.4 Å². The fourth-order valence-corrected chi connectivity index (χ4v) is 2.58. The third-order valence-electron chi connectivity index (χ3n) is 4.03. The molecule has 3 heteroatoms. The summed E-state index contributed by atoms with van der Waals surface area (Å²) in [4.78, 5) is 11.9. The molecule has 1 fully saturated rings. The zero-order chi connectivity index (χ0) is 13.8. The smallest absolute Gasteiger partial charge is 0.237 e. The quantitative estimate of drug-likeness (QED) is 0.876. The van der Waals surface area contributed by atoms with Gasteiger partial charge in [0.15, 0.2) is 0 Å². The first-order valence-electron chi connectivity index (χ1n) is 7.16. The van der Waals surface area contributed by atoms with Gasteiger partial charge in [-0.25, -0.2) is 0 Å². The van der Waals surface area contributed by atoms with Crippen LogP contribution in [-0.4, -0.2) is 18.5 Å². The minimum atomic E-state index is -0.0384. The third kappa shape index (κ3) is 3.57. The minimum Gasteiger partial charge on any atom is -0.355 e. The van der Waals surface area contributed by atoms with E-state index in [-0.39, 0.29) is 11.9 Å². The third-order valence-corrected chi connectivity index (χ3v) is 4.03. The number of hydrogen-bond acceptors (Lipinski definition) is 2. The Kier molecular flexibility index (Phi) is 4.59. The van der Waals surface area contributed by atoms with Crippen molar-refractivity contribution in [2.24, 2.45) is 0 Å². The Morgan fingerprint density at radius 1 is 1.16 bits per heavy atom. The van der Waals surface area contributed by atoms with Crippen LogP contribution in [-0.2, 0) is 11.3 Å². The van der Waals surface area contributed by atoms with E-state index in [1.54, 1.807) is 0 Å². The van der Waals surface area contributed by atoms with Gasteiger partial charge in [0.2, 0.25) is 5.91 Å². The molecule has 1 saturated heterocycles. The fourth-order valence-electron chi connectivity index (χ4n) is 2.58. The van der Waals surface area contributed by atoms with Gasteiger partial charge in [-0.05, 0) is 62.3 Å². The zero-order valence-corrected chi connectivity index (χ0v) is 12.2. The molecule has 19 heavy (non-hydrogen) atoms. The van der Waals surface area contributed by atoms with E-state index >= 15 is 0 Å². The molecule has 2 N–H and O–H groups in total. The van der Waals surface area contributed by atoms with Crippen molar-refractivity contribution in [1.29, 1.82) is 0 Å². The lowest BCUT2D eigenvalue weighted by molar-refractivity contribution is -0.122. The summed E-state index contributed by atoms with van der Waals surface area (Å²) < 4.78 is 0. The van der Waals surface area contributed by atoms with E-state index in [0.29, 0.717) is 0 Å². The van der Waals surface area contributed by atoms with Crippen LogP contribution in [0.15, 0.2) is 12.1 Å². The normalized spacial score (nSPS) is 19.9. The van der Waals surface area contributed by atoms with Gasteiger partial charge in [0.05, 0.1) is 6.04 Å². The highest BCUT2D eigenvalue weighted by atomic mass is 16.2. The van der Waals surface area contributed by atoms with Crippen molar-refractivity contribution in [2.75, 3.05) is 6.54 Å². The Balaban J connectivity index is 2.01. The van der Waals surface area contributed by atoms with E-state index in [0.717, 1.165) is 32.4 Å². The summed E-state index contributed by atoms with van der Waals surface area (Å²) in [5.41, 5.74) is 5.23. The van der Waals surface area contributed by atoms with Gasteiger partial charge in [0.25, 0.3) is 0 Å². The topological polar surface area (TPSA) is 41.1 Å².